The van der Waals surface area contributed by atoms with Gasteiger partial charge in [-0.2, -0.15) is 4.98 Å². The van der Waals surface area contributed by atoms with Crippen LogP contribution in [0.5, 0.6) is 0 Å². The molecule has 0 bridgehead atoms. The summed E-state index contributed by atoms with van der Waals surface area (Å²) >= 11 is 0. The summed E-state index contributed by atoms with van der Waals surface area (Å²) in [6.45, 7) is 6.19. The van der Waals surface area contributed by atoms with Crippen molar-refractivity contribution in [2.24, 2.45) is 11.8 Å². The van der Waals surface area contributed by atoms with Gasteiger partial charge < -0.3 is 5.11 Å². The van der Waals surface area contributed by atoms with E-state index in [1.165, 1.54) is 0 Å². The summed E-state index contributed by atoms with van der Waals surface area (Å²) in [5.74, 6) is 0.950. The first-order valence-electron chi connectivity index (χ1n) is 6.73. The minimum atomic E-state index is -0.293. The molecular formula is C14H22N2O2. The van der Waals surface area contributed by atoms with Crippen molar-refractivity contribution in [2.45, 2.75) is 52.2 Å². The molecule has 1 aliphatic carbocycles. The van der Waals surface area contributed by atoms with E-state index in [9.17, 15) is 9.90 Å². The number of aryl methyl sites for hydroxylation is 1. The molecule has 0 radical (unpaired) electrons. The van der Waals surface area contributed by atoms with Gasteiger partial charge in [-0.05, 0) is 44.1 Å². The van der Waals surface area contributed by atoms with Crippen molar-refractivity contribution in [3.63, 3.8) is 0 Å². The van der Waals surface area contributed by atoms with Gasteiger partial charge in [0, 0.05) is 17.9 Å². The van der Waals surface area contributed by atoms with E-state index in [2.05, 4.69) is 18.8 Å². The molecule has 2 rings (SSSR count). The van der Waals surface area contributed by atoms with Crippen LogP contribution in [0.15, 0.2) is 17.1 Å². The maximum absolute atomic E-state index is 12.0. The molecule has 3 atom stereocenters. The molecule has 100 valence electrons. The first kappa shape index (κ1) is 13.3. The summed E-state index contributed by atoms with van der Waals surface area (Å²) in [5, 5.41) is 9.85. The van der Waals surface area contributed by atoms with Gasteiger partial charge in [0.2, 0.25) is 0 Å². The van der Waals surface area contributed by atoms with Crippen molar-refractivity contribution >= 4 is 0 Å². The minimum absolute atomic E-state index is 0.0781. The Labute approximate surface area is 108 Å². The molecule has 4 heteroatoms. The average Bonchev–Trinajstić information content (AvgIpc) is 2.28. The Balaban J connectivity index is 2.35. The molecule has 4 nitrogen and oxygen atoms in total. The maximum Gasteiger partial charge on any atom is 0.348 e. The molecule has 1 aliphatic rings. The molecule has 1 saturated carbocycles. The first-order valence-corrected chi connectivity index (χ1v) is 6.73. The third kappa shape index (κ3) is 2.64. The van der Waals surface area contributed by atoms with E-state index in [0.717, 1.165) is 18.5 Å². The lowest BCUT2D eigenvalue weighted by Crippen LogP contribution is -2.38. The van der Waals surface area contributed by atoms with E-state index >= 15 is 0 Å². The Kier molecular flexibility index (Phi) is 3.85. The summed E-state index contributed by atoms with van der Waals surface area (Å²) in [6, 6.07) is 1.94. The van der Waals surface area contributed by atoms with Crippen LogP contribution >= 0.6 is 0 Å². The number of aliphatic hydroxyl groups excluding tert-OH is 1. The Bertz CT molecular complexity index is 467. The van der Waals surface area contributed by atoms with Crippen LogP contribution in [0.4, 0.5) is 0 Å². The largest absolute Gasteiger partial charge is 0.393 e. The molecule has 3 unspecified atom stereocenters. The van der Waals surface area contributed by atoms with Gasteiger partial charge in [0.1, 0.15) is 0 Å². The van der Waals surface area contributed by atoms with Gasteiger partial charge in [0.15, 0.2) is 0 Å². The van der Waals surface area contributed by atoms with Crippen LogP contribution in [0.2, 0.25) is 0 Å². The summed E-state index contributed by atoms with van der Waals surface area (Å²) in [7, 11) is 0. The van der Waals surface area contributed by atoms with E-state index in [-0.39, 0.29) is 17.8 Å². The highest BCUT2D eigenvalue weighted by molar-refractivity contribution is 4.98. The predicted octanol–water partition coefficient (Wildman–Crippen LogP) is 1.91. The highest BCUT2D eigenvalue weighted by Gasteiger charge is 2.33. The monoisotopic (exact) mass is 250 g/mol. The number of hydrogen-bond donors (Lipinski definition) is 1. The molecule has 1 N–H and O–H groups in total. The number of nitrogens with zero attached hydrogens (tertiary/aromatic N) is 2. The smallest absolute Gasteiger partial charge is 0.348 e. The molecule has 18 heavy (non-hydrogen) atoms. The lowest BCUT2D eigenvalue weighted by molar-refractivity contribution is 0.0550. The van der Waals surface area contributed by atoms with Crippen molar-refractivity contribution in [1.29, 1.82) is 0 Å². The zero-order chi connectivity index (χ0) is 13.3. The fourth-order valence-electron chi connectivity index (χ4n) is 3.00. The average molecular weight is 250 g/mol. The van der Waals surface area contributed by atoms with Crippen molar-refractivity contribution in [3.8, 4) is 0 Å². The molecule has 0 saturated heterocycles. The zero-order valence-electron chi connectivity index (χ0n) is 11.3. The van der Waals surface area contributed by atoms with Crippen molar-refractivity contribution in [3.05, 3.63) is 28.4 Å². The van der Waals surface area contributed by atoms with Crippen LogP contribution in [0, 0.1) is 18.8 Å². The van der Waals surface area contributed by atoms with E-state index in [4.69, 9.17) is 0 Å². The second-order valence-corrected chi connectivity index (χ2v) is 5.70. The first-order chi connectivity index (χ1) is 8.49. The zero-order valence-corrected chi connectivity index (χ0v) is 11.3. The SMILES string of the molecule is Cc1ccn(C2CC(O)CCC2C(C)C)c(=O)n1. The quantitative estimate of drug-likeness (QED) is 0.872. The van der Waals surface area contributed by atoms with Gasteiger partial charge in [0.25, 0.3) is 0 Å². The molecule has 0 aliphatic heterocycles. The summed E-state index contributed by atoms with van der Waals surface area (Å²) in [6.07, 6.45) is 4.01. The van der Waals surface area contributed by atoms with Crippen LogP contribution in [0.3, 0.4) is 0 Å². The van der Waals surface area contributed by atoms with Crippen LogP contribution in [0.25, 0.3) is 0 Å². The summed E-state index contributed by atoms with van der Waals surface area (Å²) in [4.78, 5) is 16.0. The minimum Gasteiger partial charge on any atom is -0.393 e. The number of rotatable bonds is 2. The number of hydrogen-bond acceptors (Lipinski definition) is 3. The second kappa shape index (κ2) is 5.22. The number of aromatic nitrogens is 2. The third-order valence-electron chi connectivity index (χ3n) is 4.02. The molecule has 1 aromatic rings. The van der Waals surface area contributed by atoms with E-state index < -0.39 is 0 Å². The molecule has 1 fully saturated rings. The van der Waals surface area contributed by atoms with Crippen molar-refractivity contribution in [1.82, 2.24) is 9.55 Å². The molecule has 0 amide bonds. The highest BCUT2D eigenvalue weighted by atomic mass is 16.3. The standard InChI is InChI=1S/C14H22N2O2/c1-9(2)12-5-4-11(17)8-13(12)16-7-6-10(3)15-14(16)18/h6-7,9,11-13,17H,4-5,8H2,1-3H3. The van der Waals surface area contributed by atoms with Crippen LogP contribution in [0.1, 0.15) is 44.8 Å². The van der Waals surface area contributed by atoms with Gasteiger partial charge in [-0.25, -0.2) is 4.79 Å². The van der Waals surface area contributed by atoms with Gasteiger partial charge in [-0.15, -0.1) is 0 Å². The lowest BCUT2D eigenvalue weighted by Gasteiger charge is -2.37. The predicted molar refractivity (Wildman–Crippen MR) is 70.5 cm³/mol. The molecule has 1 heterocycles. The normalized spacial score (nSPS) is 28.6. The second-order valence-electron chi connectivity index (χ2n) is 5.70. The van der Waals surface area contributed by atoms with Gasteiger partial charge in [-0.3, -0.25) is 4.57 Å². The topological polar surface area (TPSA) is 55.1 Å². The van der Waals surface area contributed by atoms with E-state index in [0.29, 0.717) is 18.3 Å². The molecule has 0 aromatic carbocycles. The maximum atomic E-state index is 12.0. The van der Waals surface area contributed by atoms with Gasteiger partial charge in [0.05, 0.1) is 6.10 Å². The van der Waals surface area contributed by atoms with E-state index in [1.54, 1.807) is 4.57 Å². The lowest BCUT2D eigenvalue weighted by atomic mass is 9.76. The number of aliphatic hydroxyl groups is 1. The Morgan fingerprint density at radius 1 is 1.44 bits per heavy atom. The molecule has 0 spiro atoms. The fourth-order valence-corrected chi connectivity index (χ4v) is 3.00. The highest BCUT2D eigenvalue weighted by Crippen LogP contribution is 2.37. The molecule has 1 aromatic heterocycles. The van der Waals surface area contributed by atoms with Gasteiger partial charge in [-0.1, -0.05) is 13.8 Å². The Morgan fingerprint density at radius 3 is 2.78 bits per heavy atom. The summed E-state index contributed by atoms with van der Waals surface area (Å²) in [5.41, 5.74) is 0.549. The van der Waals surface area contributed by atoms with Crippen LogP contribution < -0.4 is 5.69 Å². The fraction of sp³-hybridized carbons (Fsp3) is 0.714. The Morgan fingerprint density at radius 2 is 2.17 bits per heavy atom. The van der Waals surface area contributed by atoms with Crippen molar-refractivity contribution in [2.75, 3.05) is 0 Å². The summed E-state index contributed by atoms with van der Waals surface area (Å²) < 4.78 is 1.71. The van der Waals surface area contributed by atoms with E-state index in [1.807, 2.05) is 19.2 Å². The van der Waals surface area contributed by atoms with Crippen LogP contribution in [-0.2, 0) is 0 Å². The van der Waals surface area contributed by atoms with Crippen molar-refractivity contribution < 1.29 is 5.11 Å². The van der Waals surface area contributed by atoms with Crippen LogP contribution in [-0.4, -0.2) is 20.8 Å². The molecular weight excluding hydrogens is 228 g/mol. The Hall–Kier alpha value is -1.16. The van der Waals surface area contributed by atoms with Gasteiger partial charge >= 0.3 is 5.69 Å². The third-order valence-corrected chi connectivity index (χ3v) is 4.02.